The average molecular weight is 212 g/mol. The molecule has 0 spiro atoms. The molecule has 0 saturated heterocycles. The summed E-state index contributed by atoms with van der Waals surface area (Å²) in [6, 6.07) is 3.52. The molecule has 1 heterocycles. The summed E-state index contributed by atoms with van der Waals surface area (Å²) in [6.45, 7) is 0. The van der Waals surface area contributed by atoms with E-state index in [9.17, 15) is 4.79 Å². The first-order chi connectivity index (χ1) is 6.72. The van der Waals surface area contributed by atoms with Crippen LogP contribution in [-0.4, -0.2) is 18.1 Å². The molecule has 2 rings (SSSR count). The van der Waals surface area contributed by atoms with Crippen LogP contribution in [0.4, 0.5) is 0 Å². The van der Waals surface area contributed by atoms with Crippen LogP contribution in [0.25, 0.3) is 0 Å². The molecule has 1 aliphatic carbocycles. The lowest BCUT2D eigenvalue weighted by Crippen LogP contribution is -2.04. The Kier molecular flexibility index (Phi) is 2.42. The van der Waals surface area contributed by atoms with Crippen molar-refractivity contribution >= 4 is 17.6 Å². The number of hydrogen-bond donors (Lipinski definition) is 0. The van der Waals surface area contributed by atoms with E-state index in [-0.39, 0.29) is 5.15 Å². The van der Waals surface area contributed by atoms with Crippen LogP contribution < -0.4 is 0 Å². The Morgan fingerprint density at radius 3 is 2.79 bits per heavy atom. The fourth-order valence-corrected chi connectivity index (χ4v) is 1.55. The number of carbonyl (C=O) groups is 1. The van der Waals surface area contributed by atoms with Gasteiger partial charge in [0.05, 0.1) is 12.7 Å². The summed E-state index contributed by atoms with van der Waals surface area (Å²) in [7, 11) is 1.33. The molecule has 0 unspecified atom stereocenters. The summed E-state index contributed by atoms with van der Waals surface area (Å²) in [4.78, 5) is 15.4. The standard InChI is InChI=1S/C10H10ClNO2/c1-14-10(13)7-4-5-8(6-2-3-6)12-9(7)11/h4-6H,2-3H2,1H3. The van der Waals surface area contributed by atoms with Gasteiger partial charge in [0, 0.05) is 11.6 Å². The van der Waals surface area contributed by atoms with Crippen molar-refractivity contribution in [2.75, 3.05) is 7.11 Å². The lowest BCUT2D eigenvalue weighted by atomic mass is 10.2. The minimum Gasteiger partial charge on any atom is -0.465 e. The summed E-state index contributed by atoms with van der Waals surface area (Å²) in [5, 5.41) is 0.237. The van der Waals surface area contributed by atoms with Gasteiger partial charge in [-0.05, 0) is 25.0 Å². The highest BCUT2D eigenvalue weighted by Gasteiger charge is 2.26. The van der Waals surface area contributed by atoms with Crippen molar-refractivity contribution in [3.05, 3.63) is 28.5 Å². The molecule has 74 valence electrons. The maximum Gasteiger partial charge on any atom is 0.341 e. The number of pyridine rings is 1. The summed E-state index contributed by atoms with van der Waals surface area (Å²) in [6.07, 6.45) is 2.34. The number of ether oxygens (including phenoxy) is 1. The van der Waals surface area contributed by atoms with E-state index in [2.05, 4.69) is 9.72 Å². The summed E-state index contributed by atoms with van der Waals surface area (Å²) in [5.74, 6) is 0.101. The zero-order valence-corrected chi connectivity index (χ0v) is 8.54. The van der Waals surface area contributed by atoms with Crippen molar-refractivity contribution in [3.8, 4) is 0 Å². The highest BCUT2D eigenvalue weighted by atomic mass is 35.5. The van der Waals surface area contributed by atoms with E-state index in [0.717, 1.165) is 5.69 Å². The molecule has 0 atom stereocenters. The monoisotopic (exact) mass is 211 g/mol. The van der Waals surface area contributed by atoms with Gasteiger partial charge in [0.1, 0.15) is 5.15 Å². The number of carbonyl (C=O) groups excluding carboxylic acids is 1. The maximum absolute atomic E-state index is 11.2. The molecule has 1 aromatic rings. The van der Waals surface area contributed by atoms with Crippen molar-refractivity contribution < 1.29 is 9.53 Å². The van der Waals surface area contributed by atoms with Crippen LogP contribution in [0.3, 0.4) is 0 Å². The van der Waals surface area contributed by atoms with Gasteiger partial charge in [-0.15, -0.1) is 0 Å². The second-order valence-corrected chi connectivity index (χ2v) is 3.70. The van der Waals surface area contributed by atoms with E-state index < -0.39 is 5.97 Å². The Labute approximate surface area is 87.0 Å². The number of rotatable bonds is 2. The Balaban J connectivity index is 2.30. The number of aromatic nitrogens is 1. The van der Waals surface area contributed by atoms with Crippen molar-refractivity contribution in [1.29, 1.82) is 0 Å². The molecule has 1 aromatic heterocycles. The molecule has 14 heavy (non-hydrogen) atoms. The fraction of sp³-hybridized carbons (Fsp3) is 0.400. The zero-order valence-electron chi connectivity index (χ0n) is 7.79. The van der Waals surface area contributed by atoms with E-state index in [1.54, 1.807) is 6.07 Å². The van der Waals surface area contributed by atoms with Crippen molar-refractivity contribution in [3.63, 3.8) is 0 Å². The first-order valence-corrected chi connectivity index (χ1v) is 4.85. The third-order valence-electron chi connectivity index (χ3n) is 2.27. The Morgan fingerprint density at radius 2 is 2.29 bits per heavy atom. The lowest BCUT2D eigenvalue weighted by Gasteiger charge is -2.03. The molecule has 1 saturated carbocycles. The van der Waals surface area contributed by atoms with Crippen LogP contribution >= 0.6 is 11.6 Å². The second-order valence-electron chi connectivity index (χ2n) is 3.34. The van der Waals surface area contributed by atoms with Crippen LogP contribution in [0, 0.1) is 0 Å². The molecule has 0 bridgehead atoms. The van der Waals surface area contributed by atoms with Gasteiger partial charge >= 0.3 is 5.97 Å². The molecule has 1 aliphatic rings. The highest BCUT2D eigenvalue weighted by Crippen LogP contribution is 2.39. The van der Waals surface area contributed by atoms with Crippen LogP contribution in [0.5, 0.6) is 0 Å². The number of methoxy groups -OCH3 is 1. The van der Waals surface area contributed by atoms with Crippen LogP contribution in [0.2, 0.25) is 5.15 Å². The van der Waals surface area contributed by atoms with Gasteiger partial charge in [-0.3, -0.25) is 0 Å². The number of hydrogen-bond acceptors (Lipinski definition) is 3. The van der Waals surface area contributed by atoms with Crippen LogP contribution in [-0.2, 0) is 4.74 Å². The van der Waals surface area contributed by atoms with Crippen LogP contribution in [0.1, 0.15) is 34.8 Å². The molecule has 0 radical (unpaired) electrons. The van der Waals surface area contributed by atoms with E-state index >= 15 is 0 Å². The van der Waals surface area contributed by atoms with E-state index in [4.69, 9.17) is 11.6 Å². The SMILES string of the molecule is COC(=O)c1ccc(C2CC2)nc1Cl. The van der Waals surface area contributed by atoms with Gasteiger partial charge in [-0.2, -0.15) is 0 Å². The predicted molar refractivity (Wildman–Crippen MR) is 52.6 cm³/mol. The second kappa shape index (κ2) is 3.58. The molecule has 1 fully saturated rings. The molecule has 0 amide bonds. The molecule has 3 nitrogen and oxygen atoms in total. The number of nitrogens with zero attached hydrogens (tertiary/aromatic N) is 1. The molecule has 0 aromatic carbocycles. The summed E-state index contributed by atoms with van der Waals surface area (Å²) < 4.78 is 4.57. The maximum atomic E-state index is 11.2. The third kappa shape index (κ3) is 1.73. The molecule has 4 heteroatoms. The summed E-state index contributed by atoms with van der Waals surface area (Å²) >= 11 is 5.86. The normalized spacial score (nSPS) is 15.3. The topological polar surface area (TPSA) is 39.2 Å². The molecular formula is C10H10ClNO2. The zero-order chi connectivity index (χ0) is 10.1. The van der Waals surface area contributed by atoms with E-state index in [1.165, 1.54) is 20.0 Å². The first-order valence-electron chi connectivity index (χ1n) is 4.47. The Morgan fingerprint density at radius 1 is 1.57 bits per heavy atom. The first kappa shape index (κ1) is 9.46. The van der Waals surface area contributed by atoms with Gasteiger partial charge in [0.25, 0.3) is 0 Å². The van der Waals surface area contributed by atoms with Gasteiger partial charge in [0.2, 0.25) is 0 Å². The summed E-state index contributed by atoms with van der Waals surface area (Å²) in [5.41, 5.74) is 1.31. The van der Waals surface area contributed by atoms with Gasteiger partial charge in [-0.25, -0.2) is 9.78 Å². The molecular weight excluding hydrogens is 202 g/mol. The van der Waals surface area contributed by atoms with Gasteiger partial charge in [-0.1, -0.05) is 11.6 Å². The average Bonchev–Trinajstić information content (AvgIpc) is 3.00. The smallest absolute Gasteiger partial charge is 0.341 e. The van der Waals surface area contributed by atoms with E-state index in [1.807, 2.05) is 6.07 Å². The molecule has 0 N–H and O–H groups in total. The minimum absolute atomic E-state index is 0.237. The van der Waals surface area contributed by atoms with Gasteiger partial charge in [0.15, 0.2) is 0 Å². The van der Waals surface area contributed by atoms with E-state index in [0.29, 0.717) is 11.5 Å². The number of esters is 1. The predicted octanol–water partition coefficient (Wildman–Crippen LogP) is 2.40. The number of halogens is 1. The third-order valence-corrected chi connectivity index (χ3v) is 2.56. The lowest BCUT2D eigenvalue weighted by molar-refractivity contribution is 0.0600. The quantitative estimate of drug-likeness (QED) is 0.557. The largest absolute Gasteiger partial charge is 0.465 e. The fourth-order valence-electron chi connectivity index (χ4n) is 1.32. The van der Waals surface area contributed by atoms with Crippen molar-refractivity contribution in [2.45, 2.75) is 18.8 Å². The minimum atomic E-state index is -0.440. The Hall–Kier alpha value is -1.09. The molecule has 0 aliphatic heterocycles. The van der Waals surface area contributed by atoms with Crippen molar-refractivity contribution in [1.82, 2.24) is 4.98 Å². The highest BCUT2D eigenvalue weighted by molar-refractivity contribution is 6.32. The van der Waals surface area contributed by atoms with Crippen LogP contribution in [0.15, 0.2) is 12.1 Å². The Bertz CT molecular complexity index is 374. The van der Waals surface area contributed by atoms with Gasteiger partial charge < -0.3 is 4.74 Å². The van der Waals surface area contributed by atoms with Crippen molar-refractivity contribution in [2.24, 2.45) is 0 Å².